The summed E-state index contributed by atoms with van der Waals surface area (Å²) >= 11 is 0. The normalized spacial score (nSPS) is 19.2. The van der Waals surface area contributed by atoms with Crippen LogP contribution in [0.25, 0.3) is 0 Å². The molecular formula is C30H39N3O4. The summed E-state index contributed by atoms with van der Waals surface area (Å²) in [6.07, 6.45) is 6.02. The molecule has 2 fully saturated rings. The minimum atomic E-state index is -0.666. The van der Waals surface area contributed by atoms with Gasteiger partial charge in [-0.3, -0.25) is 14.4 Å². The first-order valence-electron chi connectivity index (χ1n) is 13.5. The van der Waals surface area contributed by atoms with E-state index in [1.165, 1.54) is 6.42 Å². The quantitative estimate of drug-likeness (QED) is 0.595. The maximum Gasteiger partial charge on any atom is 0.245 e. The fraction of sp³-hybridized carbons (Fsp3) is 0.500. The van der Waals surface area contributed by atoms with Crippen molar-refractivity contribution in [2.45, 2.75) is 64.0 Å². The Morgan fingerprint density at radius 1 is 0.946 bits per heavy atom. The van der Waals surface area contributed by atoms with E-state index in [0.29, 0.717) is 26.1 Å². The van der Waals surface area contributed by atoms with Gasteiger partial charge in [-0.1, -0.05) is 61.7 Å². The van der Waals surface area contributed by atoms with E-state index >= 15 is 0 Å². The lowest BCUT2D eigenvalue weighted by molar-refractivity contribution is -0.147. The molecule has 1 N–H and O–H groups in total. The van der Waals surface area contributed by atoms with Gasteiger partial charge in [-0.2, -0.15) is 0 Å². The van der Waals surface area contributed by atoms with Crippen LogP contribution in [-0.4, -0.2) is 66.3 Å². The predicted octanol–water partition coefficient (Wildman–Crippen LogP) is 3.60. The average Bonchev–Trinajstić information content (AvgIpc) is 2.93. The van der Waals surface area contributed by atoms with Gasteiger partial charge in [0.05, 0.1) is 13.5 Å². The first-order chi connectivity index (χ1) is 17.9. The molecule has 2 aliphatic rings. The highest BCUT2D eigenvalue weighted by atomic mass is 16.5. The summed E-state index contributed by atoms with van der Waals surface area (Å²) in [5.74, 6) is 0.813. The minimum absolute atomic E-state index is 0.0421. The number of hydrogen-bond acceptors (Lipinski definition) is 4. The topological polar surface area (TPSA) is 79.0 Å². The molecule has 1 aliphatic heterocycles. The number of nitrogens with zero attached hydrogens (tertiary/aromatic N) is 2. The molecule has 1 saturated heterocycles. The molecule has 0 aromatic heterocycles. The van der Waals surface area contributed by atoms with Crippen molar-refractivity contribution in [2.24, 2.45) is 5.92 Å². The Morgan fingerprint density at radius 2 is 1.65 bits per heavy atom. The molecule has 1 heterocycles. The van der Waals surface area contributed by atoms with Crippen LogP contribution in [0.2, 0.25) is 0 Å². The molecule has 7 nitrogen and oxygen atoms in total. The van der Waals surface area contributed by atoms with Crippen molar-refractivity contribution in [3.8, 4) is 5.75 Å². The number of carbonyl (C=O) groups excluding carboxylic acids is 3. The maximum atomic E-state index is 13.7. The van der Waals surface area contributed by atoms with Gasteiger partial charge >= 0.3 is 0 Å². The maximum absolute atomic E-state index is 13.7. The monoisotopic (exact) mass is 505 g/mol. The third-order valence-corrected chi connectivity index (χ3v) is 7.62. The largest absolute Gasteiger partial charge is 0.497 e. The SMILES string of the molecule is COc1ccc(CC(=O)NC(Cc2ccccc2)C(=O)N2CCN(C(=O)C3CCCCC3)C(C)C2)cc1. The van der Waals surface area contributed by atoms with Gasteiger partial charge in [0.2, 0.25) is 17.7 Å². The minimum Gasteiger partial charge on any atom is -0.497 e. The van der Waals surface area contributed by atoms with Crippen LogP contribution in [0.4, 0.5) is 0 Å². The first kappa shape index (κ1) is 26.7. The third-order valence-electron chi connectivity index (χ3n) is 7.62. The number of piperazine rings is 1. The van der Waals surface area contributed by atoms with Crippen LogP contribution in [0.1, 0.15) is 50.2 Å². The number of carbonyl (C=O) groups is 3. The Bertz CT molecular complexity index is 1050. The highest BCUT2D eigenvalue weighted by Gasteiger charge is 2.36. The lowest BCUT2D eigenvalue weighted by atomic mass is 9.87. The lowest BCUT2D eigenvalue weighted by Crippen LogP contribution is -2.60. The van der Waals surface area contributed by atoms with Gasteiger partial charge in [-0.05, 0) is 43.0 Å². The molecule has 198 valence electrons. The summed E-state index contributed by atoms with van der Waals surface area (Å²) in [6, 6.07) is 16.4. The molecule has 3 amide bonds. The zero-order chi connectivity index (χ0) is 26.2. The second kappa shape index (κ2) is 12.7. The zero-order valence-electron chi connectivity index (χ0n) is 22.0. The highest BCUT2D eigenvalue weighted by Crippen LogP contribution is 2.27. The molecule has 2 atom stereocenters. The van der Waals surface area contributed by atoms with E-state index in [4.69, 9.17) is 4.74 Å². The first-order valence-corrected chi connectivity index (χ1v) is 13.5. The molecule has 7 heteroatoms. The van der Waals surface area contributed by atoms with Gasteiger partial charge in [-0.25, -0.2) is 0 Å². The molecule has 37 heavy (non-hydrogen) atoms. The van der Waals surface area contributed by atoms with Crippen LogP contribution in [0.3, 0.4) is 0 Å². The van der Waals surface area contributed by atoms with Gasteiger partial charge in [-0.15, -0.1) is 0 Å². The number of rotatable bonds is 8. The summed E-state index contributed by atoms with van der Waals surface area (Å²) in [7, 11) is 1.61. The van der Waals surface area contributed by atoms with Crippen molar-refractivity contribution in [1.29, 1.82) is 0 Å². The number of amides is 3. The summed E-state index contributed by atoms with van der Waals surface area (Å²) < 4.78 is 5.19. The number of ether oxygens (including phenoxy) is 1. The second-order valence-corrected chi connectivity index (χ2v) is 10.3. The van der Waals surface area contributed by atoms with Crippen molar-refractivity contribution in [1.82, 2.24) is 15.1 Å². The van der Waals surface area contributed by atoms with E-state index in [9.17, 15) is 14.4 Å². The smallest absolute Gasteiger partial charge is 0.245 e. The zero-order valence-corrected chi connectivity index (χ0v) is 22.0. The van der Waals surface area contributed by atoms with Crippen molar-refractivity contribution < 1.29 is 19.1 Å². The summed E-state index contributed by atoms with van der Waals surface area (Å²) in [6.45, 7) is 3.53. The molecule has 0 spiro atoms. The molecular weight excluding hydrogens is 466 g/mol. The summed E-state index contributed by atoms with van der Waals surface area (Å²) in [5, 5.41) is 3.00. The van der Waals surface area contributed by atoms with Crippen molar-refractivity contribution in [3.05, 3.63) is 65.7 Å². The Kier molecular flexibility index (Phi) is 9.20. The van der Waals surface area contributed by atoms with Crippen LogP contribution >= 0.6 is 0 Å². The number of benzene rings is 2. The standard InChI is InChI=1S/C30H39N3O4/c1-22-21-32(17-18-33(22)29(35)25-11-7-4-8-12-25)30(36)27(19-23-9-5-3-6-10-23)31-28(34)20-24-13-15-26(37-2)16-14-24/h3,5-6,9-10,13-16,22,25,27H,4,7-8,11-12,17-21H2,1-2H3,(H,31,34). The Hall–Kier alpha value is -3.35. The fourth-order valence-electron chi connectivity index (χ4n) is 5.51. The second-order valence-electron chi connectivity index (χ2n) is 10.3. The molecule has 2 unspecified atom stereocenters. The van der Waals surface area contributed by atoms with Crippen LogP contribution in [0.5, 0.6) is 5.75 Å². The number of nitrogens with one attached hydrogen (secondary N) is 1. The van der Waals surface area contributed by atoms with E-state index < -0.39 is 6.04 Å². The van der Waals surface area contributed by atoms with Crippen LogP contribution in [-0.2, 0) is 27.2 Å². The van der Waals surface area contributed by atoms with Gasteiger partial charge in [0.25, 0.3) is 0 Å². The van der Waals surface area contributed by atoms with E-state index in [1.807, 2.05) is 71.3 Å². The molecule has 4 rings (SSSR count). The summed E-state index contributed by atoms with van der Waals surface area (Å²) in [4.78, 5) is 43.6. The summed E-state index contributed by atoms with van der Waals surface area (Å²) in [5.41, 5.74) is 1.84. The van der Waals surface area contributed by atoms with Gasteiger partial charge in [0.15, 0.2) is 0 Å². The van der Waals surface area contributed by atoms with E-state index in [-0.39, 0.29) is 36.1 Å². The van der Waals surface area contributed by atoms with Crippen molar-refractivity contribution >= 4 is 17.7 Å². The van der Waals surface area contributed by atoms with E-state index in [2.05, 4.69) is 5.32 Å². The average molecular weight is 506 g/mol. The Labute approximate surface area is 220 Å². The highest BCUT2D eigenvalue weighted by molar-refractivity contribution is 5.89. The fourth-order valence-corrected chi connectivity index (χ4v) is 5.51. The molecule has 1 aliphatic carbocycles. The number of hydrogen-bond donors (Lipinski definition) is 1. The van der Waals surface area contributed by atoms with Crippen LogP contribution in [0.15, 0.2) is 54.6 Å². The van der Waals surface area contributed by atoms with Crippen molar-refractivity contribution in [2.75, 3.05) is 26.7 Å². The van der Waals surface area contributed by atoms with Gasteiger partial charge in [0, 0.05) is 38.0 Å². The Morgan fingerprint density at radius 3 is 2.30 bits per heavy atom. The molecule has 0 bridgehead atoms. The Balaban J connectivity index is 1.41. The predicted molar refractivity (Wildman–Crippen MR) is 143 cm³/mol. The third kappa shape index (κ3) is 7.12. The van der Waals surface area contributed by atoms with E-state index in [0.717, 1.165) is 42.6 Å². The van der Waals surface area contributed by atoms with Crippen molar-refractivity contribution in [3.63, 3.8) is 0 Å². The van der Waals surface area contributed by atoms with Gasteiger partial charge in [0.1, 0.15) is 11.8 Å². The molecule has 1 saturated carbocycles. The van der Waals surface area contributed by atoms with Crippen LogP contribution in [0, 0.1) is 5.92 Å². The van der Waals surface area contributed by atoms with Gasteiger partial charge < -0.3 is 19.9 Å². The van der Waals surface area contributed by atoms with Crippen LogP contribution < -0.4 is 10.1 Å². The lowest BCUT2D eigenvalue weighted by Gasteiger charge is -2.42. The molecule has 2 aromatic rings. The number of methoxy groups -OCH3 is 1. The molecule has 0 radical (unpaired) electrons. The van der Waals surface area contributed by atoms with E-state index in [1.54, 1.807) is 7.11 Å². The molecule has 2 aromatic carbocycles.